The largest absolute Gasteiger partial charge is 0.481 e. The van der Waals surface area contributed by atoms with E-state index in [0.29, 0.717) is 0 Å². The molecule has 0 fully saturated rings. The lowest BCUT2D eigenvalue weighted by atomic mass is 10.3. The van der Waals surface area contributed by atoms with E-state index in [-0.39, 0.29) is 6.61 Å². The molecular formula is C14H20F4N4O6. The summed E-state index contributed by atoms with van der Waals surface area (Å²) in [6.07, 6.45) is -4.91. The number of ether oxygens (including phenoxy) is 1. The van der Waals surface area contributed by atoms with Crippen molar-refractivity contribution in [2.24, 2.45) is 5.73 Å². The van der Waals surface area contributed by atoms with Crippen LogP contribution in [0.2, 0.25) is 0 Å². The number of carboxylic acids is 1. The maximum atomic E-state index is 11.7. The predicted octanol–water partition coefficient (Wildman–Crippen LogP) is 1.12. The first-order valence-corrected chi connectivity index (χ1v) is 7.12. The molecule has 28 heavy (non-hydrogen) atoms. The van der Waals surface area contributed by atoms with E-state index >= 15 is 0 Å². The number of nitrogens with zero attached hydrogens (tertiary/aromatic N) is 1. The van der Waals surface area contributed by atoms with Crippen LogP contribution >= 0.6 is 0 Å². The molecule has 0 atom stereocenters. The zero-order chi connectivity index (χ0) is 22.7. The number of aromatic nitrogens is 2. The summed E-state index contributed by atoms with van der Waals surface area (Å²) in [5, 5.41) is 13.3. The lowest BCUT2D eigenvalue weighted by molar-refractivity contribution is -0.148. The summed E-state index contributed by atoms with van der Waals surface area (Å²) in [5.41, 5.74) is 3.33. The lowest BCUT2D eigenvalue weighted by Gasteiger charge is -1.99. The molecular weight excluding hydrogens is 396 g/mol. The number of nitrogens with two attached hydrogens (primary N) is 1. The van der Waals surface area contributed by atoms with E-state index in [1.807, 2.05) is 0 Å². The maximum absolute atomic E-state index is 11.7. The topological polar surface area (TPSA) is 176 Å². The minimum atomic E-state index is -3.08. The second-order valence-corrected chi connectivity index (χ2v) is 4.07. The van der Waals surface area contributed by atoms with Crippen LogP contribution in [0.5, 0.6) is 0 Å². The van der Waals surface area contributed by atoms with E-state index in [2.05, 4.69) is 20.4 Å². The average molecular weight is 416 g/mol. The van der Waals surface area contributed by atoms with Gasteiger partial charge in [0.15, 0.2) is 0 Å². The molecule has 1 aromatic heterocycles. The zero-order valence-electron chi connectivity index (χ0n) is 14.8. The van der Waals surface area contributed by atoms with Crippen LogP contribution in [0.4, 0.5) is 17.6 Å². The molecule has 0 amide bonds. The number of carbonyl (C=O) groups excluding carboxylic acids is 2. The number of H-pyrrole nitrogens is 1. The summed E-state index contributed by atoms with van der Waals surface area (Å²) in [6, 6.07) is 0.769. The molecule has 14 heteroatoms. The highest BCUT2D eigenvalue weighted by molar-refractivity contribution is 5.97. The monoisotopic (exact) mass is 416 g/mol. The summed E-state index contributed by atoms with van der Waals surface area (Å²) in [4.78, 5) is 45.3. The molecule has 0 saturated heterocycles. The quantitative estimate of drug-likeness (QED) is 0.181. The van der Waals surface area contributed by atoms with Gasteiger partial charge in [0.25, 0.3) is 24.4 Å². The second kappa shape index (κ2) is 18.5. The van der Waals surface area contributed by atoms with E-state index in [1.54, 1.807) is 0 Å². The number of aromatic amines is 1. The Morgan fingerprint density at radius 2 is 1.82 bits per heavy atom. The fraction of sp³-hybridized carbons (Fsp3) is 0.429. The Labute approximate surface area is 156 Å². The van der Waals surface area contributed by atoms with Crippen molar-refractivity contribution in [2.75, 3.05) is 6.61 Å². The summed E-state index contributed by atoms with van der Waals surface area (Å²) in [5.74, 6) is -3.14. The van der Waals surface area contributed by atoms with Crippen LogP contribution in [0.15, 0.2) is 17.2 Å². The minimum Gasteiger partial charge on any atom is -0.481 e. The third-order valence-electron chi connectivity index (χ3n) is 1.79. The number of rotatable bonds is 5. The number of nitrogens with one attached hydrogen (secondary N) is 2. The lowest BCUT2D eigenvalue weighted by Crippen LogP contribution is -2.16. The van der Waals surface area contributed by atoms with Crippen LogP contribution in [0.3, 0.4) is 0 Å². The highest BCUT2D eigenvalue weighted by Gasteiger charge is 2.19. The third-order valence-corrected chi connectivity index (χ3v) is 1.79. The van der Waals surface area contributed by atoms with Crippen molar-refractivity contribution in [2.45, 2.75) is 33.1 Å². The van der Waals surface area contributed by atoms with Crippen LogP contribution < -0.4 is 11.3 Å². The Balaban J connectivity index is -0.000000337. The highest BCUT2D eigenvalue weighted by Crippen LogP contribution is 2.12. The molecule has 0 radical (unpaired) electrons. The molecule has 5 N–H and O–H groups in total. The summed E-state index contributed by atoms with van der Waals surface area (Å²) in [7, 11) is 0. The Morgan fingerprint density at radius 3 is 2.11 bits per heavy atom. The third kappa shape index (κ3) is 22.7. The number of alkyl halides is 4. The maximum Gasteiger partial charge on any atom is 0.313 e. The first-order valence-electron chi connectivity index (χ1n) is 7.12. The van der Waals surface area contributed by atoms with Gasteiger partial charge in [-0.05, 0) is 6.92 Å². The Hall–Kier alpha value is -3.32. The number of halogens is 4. The van der Waals surface area contributed by atoms with Crippen molar-refractivity contribution in [1.82, 2.24) is 9.97 Å². The van der Waals surface area contributed by atoms with E-state index < -0.39 is 48.2 Å². The number of carbonyl (C=O) groups is 3. The van der Waals surface area contributed by atoms with E-state index in [9.17, 15) is 31.9 Å². The first kappa shape index (κ1) is 29.4. The molecule has 0 unspecified atom stereocenters. The fourth-order valence-corrected chi connectivity index (χ4v) is 0.934. The molecule has 0 aliphatic rings. The average Bonchev–Trinajstić information content (AvgIpc) is 2.55. The molecule has 1 aromatic rings. The van der Waals surface area contributed by atoms with Gasteiger partial charge in [-0.1, -0.05) is 0 Å². The van der Waals surface area contributed by atoms with Crippen molar-refractivity contribution >= 4 is 24.1 Å². The van der Waals surface area contributed by atoms with Gasteiger partial charge >= 0.3 is 5.97 Å². The molecule has 160 valence electrons. The van der Waals surface area contributed by atoms with Crippen molar-refractivity contribution < 1.29 is 41.8 Å². The number of hydrogen-bond donors (Lipinski definition) is 4. The van der Waals surface area contributed by atoms with Gasteiger partial charge in [-0.2, -0.15) is 0 Å². The Kier molecular flexibility index (Phi) is 19.4. The van der Waals surface area contributed by atoms with Crippen LogP contribution in [0.25, 0.3) is 0 Å². The van der Waals surface area contributed by atoms with Crippen molar-refractivity contribution in [3.8, 4) is 0 Å². The fourth-order valence-electron chi connectivity index (χ4n) is 0.934. The smallest absolute Gasteiger partial charge is 0.313 e. The van der Waals surface area contributed by atoms with Gasteiger partial charge in [0.1, 0.15) is 12.1 Å². The van der Waals surface area contributed by atoms with Gasteiger partial charge < -0.3 is 20.6 Å². The number of carboxylic acid groups (broad SMARTS) is 1. The Bertz CT molecular complexity index is 651. The predicted molar refractivity (Wildman–Crippen MR) is 88.4 cm³/mol. The van der Waals surface area contributed by atoms with Crippen molar-refractivity contribution in [3.05, 3.63) is 28.4 Å². The summed E-state index contributed by atoms with van der Waals surface area (Å²) < 4.78 is 50.7. The van der Waals surface area contributed by atoms with E-state index in [1.165, 1.54) is 6.92 Å². The number of aliphatic carboxylic acids is 1. The Morgan fingerprint density at radius 1 is 1.36 bits per heavy atom. The molecule has 1 heterocycles. The number of esters is 1. The molecule has 0 bridgehead atoms. The minimum absolute atomic E-state index is 0.0926. The molecule has 1 rings (SSSR count). The van der Waals surface area contributed by atoms with E-state index in [4.69, 9.17) is 15.3 Å². The second-order valence-electron chi connectivity index (χ2n) is 4.07. The number of Topliss-reactive ketones (excluding diaryl/α,β-unsaturated/α-hetero) is 1. The van der Waals surface area contributed by atoms with Gasteiger partial charge in [-0.25, -0.2) is 22.5 Å². The van der Waals surface area contributed by atoms with Gasteiger partial charge in [0.05, 0.1) is 19.3 Å². The normalized spacial score (nSPS) is 8.86. The number of hydrogen-bond acceptors (Lipinski definition) is 7. The van der Waals surface area contributed by atoms with Crippen LogP contribution in [0.1, 0.15) is 32.4 Å². The molecule has 10 nitrogen and oxygen atoms in total. The van der Waals surface area contributed by atoms with Gasteiger partial charge in [0.2, 0.25) is 5.78 Å². The summed E-state index contributed by atoms with van der Waals surface area (Å²) in [6.45, 7) is 2.71. The van der Waals surface area contributed by atoms with Crippen molar-refractivity contribution in [1.29, 1.82) is 5.41 Å². The van der Waals surface area contributed by atoms with E-state index in [0.717, 1.165) is 25.7 Å². The molecule has 0 aromatic carbocycles. The zero-order valence-corrected chi connectivity index (χ0v) is 14.8. The summed E-state index contributed by atoms with van der Waals surface area (Å²) >= 11 is 0. The van der Waals surface area contributed by atoms with Crippen molar-refractivity contribution in [3.63, 3.8) is 0 Å². The molecule has 0 aliphatic carbocycles. The SMILES string of the molecule is CC(=O)O.CCOC(=O)CC(=O)C(F)F.N=CN.O=c1cc(C(F)F)nc[nH]1. The highest BCUT2D eigenvalue weighted by atomic mass is 19.3. The van der Waals surface area contributed by atoms with Crippen LogP contribution in [0, 0.1) is 5.41 Å². The molecule has 0 spiro atoms. The number of ketones is 1. The first-order chi connectivity index (χ1) is 12.9. The van der Waals surface area contributed by atoms with Crippen LogP contribution in [-0.4, -0.2) is 52.2 Å². The van der Waals surface area contributed by atoms with Gasteiger partial charge in [-0.3, -0.25) is 24.6 Å². The molecule has 0 saturated carbocycles. The van der Waals surface area contributed by atoms with Gasteiger partial charge in [0, 0.05) is 13.0 Å². The molecule has 0 aliphatic heterocycles. The van der Waals surface area contributed by atoms with Crippen LogP contribution in [-0.2, 0) is 19.1 Å². The standard InChI is InChI=1S/C6H8F2O3.C5H4F2N2O.C2H4O2.CH4N2/c1-2-11-5(10)3-4(9)6(7)8;6-5(7)3-1-4(10)9-2-8-3;1-2(3)4;2-1-3/h6H,2-3H2,1H3;1-2,5H,(H,8,9,10);1H3,(H,3,4);1H,(H3,2,3). The van der Waals surface area contributed by atoms with Gasteiger partial charge in [-0.15, -0.1) is 0 Å².